The molecule has 0 aliphatic heterocycles. The summed E-state index contributed by atoms with van der Waals surface area (Å²) in [5.74, 6) is -0.269. The van der Waals surface area contributed by atoms with Gasteiger partial charge in [0.25, 0.3) is 0 Å². The third-order valence-corrected chi connectivity index (χ3v) is 4.10. The number of aromatic nitrogens is 1. The number of hydrogen-bond donors (Lipinski definition) is 2. The van der Waals surface area contributed by atoms with E-state index in [1.165, 1.54) is 6.07 Å². The van der Waals surface area contributed by atoms with E-state index >= 15 is 0 Å². The Morgan fingerprint density at radius 2 is 1.81 bits per heavy atom. The molecule has 27 heavy (non-hydrogen) atoms. The zero-order valence-electron chi connectivity index (χ0n) is 14.9. The van der Waals surface area contributed by atoms with Crippen molar-refractivity contribution in [1.82, 2.24) is 4.98 Å². The second-order valence-corrected chi connectivity index (χ2v) is 6.07. The van der Waals surface area contributed by atoms with Crippen LogP contribution in [0.5, 0.6) is 0 Å². The van der Waals surface area contributed by atoms with E-state index < -0.39 is 6.04 Å². The Morgan fingerprint density at radius 3 is 2.48 bits per heavy atom. The van der Waals surface area contributed by atoms with Gasteiger partial charge in [-0.05, 0) is 61.2 Å². The Hall–Kier alpha value is -2.41. The first-order chi connectivity index (χ1) is 11.9. The Bertz CT molecular complexity index is 991. The van der Waals surface area contributed by atoms with Gasteiger partial charge in [0.1, 0.15) is 5.58 Å². The lowest BCUT2D eigenvalue weighted by Crippen LogP contribution is -2.37. The molecule has 0 saturated carbocycles. The van der Waals surface area contributed by atoms with Gasteiger partial charge in [-0.1, -0.05) is 0 Å². The van der Waals surface area contributed by atoms with Gasteiger partial charge in [0.05, 0.1) is 6.04 Å². The number of hydrogen-bond acceptors (Lipinski definition) is 5. The molecule has 6 nitrogen and oxygen atoms in total. The molecule has 2 aromatic heterocycles. The summed E-state index contributed by atoms with van der Waals surface area (Å²) in [6.45, 7) is 3.67. The van der Waals surface area contributed by atoms with Crippen LogP contribution in [0.2, 0.25) is 0 Å². The van der Waals surface area contributed by atoms with E-state index in [-0.39, 0.29) is 36.3 Å². The van der Waals surface area contributed by atoms with Gasteiger partial charge in [-0.3, -0.25) is 9.78 Å². The normalized spacial score (nSPS) is 11.2. The molecule has 1 atom stereocenters. The second kappa shape index (κ2) is 9.50. The number of fused-ring (bicyclic) bond motifs is 1. The maximum atomic E-state index is 12.4. The molecule has 0 fully saturated rings. The lowest BCUT2D eigenvalue weighted by atomic mass is 10.1. The van der Waals surface area contributed by atoms with Crippen LogP contribution >= 0.6 is 24.8 Å². The average Bonchev–Trinajstić information content (AvgIpc) is 2.56. The van der Waals surface area contributed by atoms with Gasteiger partial charge < -0.3 is 15.5 Å². The molecular formula is C19H21Cl2N3O3. The molecule has 0 bridgehead atoms. The number of carbonyl (C=O) groups excluding carboxylic acids is 1. The third kappa shape index (κ3) is 5.29. The molecule has 3 rings (SSSR count). The largest absolute Gasteiger partial charge is 0.423 e. The molecule has 0 saturated heterocycles. The molecule has 3 N–H and O–H groups in total. The van der Waals surface area contributed by atoms with E-state index in [9.17, 15) is 9.59 Å². The van der Waals surface area contributed by atoms with Crippen LogP contribution in [0.15, 0.2) is 51.9 Å². The number of aryl methyl sites for hydroxylation is 2. The number of carbonyl (C=O) groups is 1. The van der Waals surface area contributed by atoms with Crippen molar-refractivity contribution in [3.8, 4) is 0 Å². The van der Waals surface area contributed by atoms with Crippen molar-refractivity contribution in [2.75, 3.05) is 5.32 Å². The first-order valence-electron chi connectivity index (χ1n) is 7.94. The van der Waals surface area contributed by atoms with E-state index in [1.807, 2.05) is 26.0 Å². The average molecular weight is 410 g/mol. The van der Waals surface area contributed by atoms with Crippen LogP contribution in [0, 0.1) is 13.8 Å². The fourth-order valence-corrected chi connectivity index (χ4v) is 2.69. The smallest absolute Gasteiger partial charge is 0.336 e. The Balaban J connectivity index is 0.00000182. The van der Waals surface area contributed by atoms with Crippen molar-refractivity contribution >= 4 is 47.4 Å². The molecular weight excluding hydrogens is 389 g/mol. The molecule has 8 heteroatoms. The first kappa shape index (κ1) is 22.6. The number of nitrogens with two attached hydrogens (primary N) is 1. The second-order valence-electron chi connectivity index (χ2n) is 6.07. The minimum absolute atomic E-state index is 0. The van der Waals surface area contributed by atoms with Crippen molar-refractivity contribution in [2.24, 2.45) is 5.73 Å². The topological polar surface area (TPSA) is 98.2 Å². The number of benzene rings is 1. The molecule has 0 unspecified atom stereocenters. The molecule has 1 aromatic carbocycles. The summed E-state index contributed by atoms with van der Waals surface area (Å²) in [6.07, 6.45) is 3.77. The van der Waals surface area contributed by atoms with Crippen LogP contribution in [0.4, 0.5) is 5.69 Å². The molecule has 0 aliphatic rings. The maximum absolute atomic E-state index is 12.4. The van der Waals surface area contributed by atoms with Gasteiger partial charge >= 0.3 is 5.63 Å². The van der Waals surface area contributed by atoms with E-state index in [4.69, 9.17) is 10.2 Å². The summed E-state index contributed by atoms with van der Waals surface area (Å²) in [5, 5.41) is 3.65. The van der Waals surface area contributed by atoms with Crippen molar-refractivity contribution in [3.05, 3.63) is 69.8 Å². The summed E-state index contributed by atoms with van der Waals surface area (Å²) in [4.78, 5) is 27.9. The van der Waals surface area contributed by atoms with E-state index in [0.717, 1.165) is 22.1 Å². The quantitative estimate of drug-likeness (QED) is 0.644. The summed E-state index contributed by atoms with van der Waals surface area (Å²) in [7, 11) is 0. The van der Waals surface area contributed by atoms with Gasteiger partial charge in [0, 0.05) is 29.5 Å². The zero-order chi connectivity index (χ0) is 18.0. The minimum Gasteiger partial charge on any atom is -0.423 e. The summed E-state index contributed by atoms with van der Waals surface area (Å²) >= 11 is 0. The van der Waals surface area contributed by atoms with Crippen LogP contribution < -0.4 is 16.7 Å². The molecule has 1 amide bonds. The van der Waals surface area contributed by atoms with Crippen molar-refractivity contribution in [2.45, 2.75) is 26.3 Å². The number of nitrogens with one attached hydrogen (secondary N) is 1. The van der Waals surface area contributed by atoms with Crippen molar-refractivity contribution < 1.29 is 9.21 Å². The molecule has 0 spiro atoms. The van der Waals surface area contributed by atoms with Gasteiger partial charge in [0.2, 0.25) is 5.91 Å². The highest BCUT2D eigenvalue weighted by atomic mass is 35.5. The number of pyridine rings is 1. The van der Waals surface area contributed by atoms with Crippen LogP contribution in [0.3, 0.4) is 0 Å². The highest BCUT2D eigenvalue weighted by Crippen LogP contribution is 2.25. The first-order valence-corrected chi connectivity index (χ1v) is 7.94. The molecule has 2 heterocycles. The van der Waals surface area contributed by atoms with Gasteiger partial charge in [-0.25, -0.2) is 4.79 Å². The lowest BCUT2D eigenvalue weighted by molar-refractivity contribution is -0.117. The lowest BCUT2D eigenvalue weighted by Gasteiger charge is -2.15. The number of rotatable bonds is 4. The van der Waals surface area contributed by atoms with Gasteiger partial charge in [-0.2, -0.15) is 0 Å². The molecule has 0 radical (unpaired) electrons. The third-order valence-electron chi connectivity index (χ3n) is 4.10. The van der Waals surface area contributed by atoms with Crippen molar-refractivity contribution in [1.29, 1.82) is 0 Å². The summed E-state index contributed by atoms with van der Waals surface area (Å²) in [5.41, 5.74) is 9.32. The van der Waals surface area contributed by atoms with E-state index in [0.29, 0.717) is 17.7 Å². The fourth-order valence-electron chi connectivity index (χ4n) is 2.69. The van der Waals surface area contributed by atoms with Crippen LogP contribution in [-0.2, 0) is 11.2 Å². The van der Waals surface area contributed by atoms with E-state index in [1.54, 1.807) is 24.5 Å². The highest BCUT2D eigenvalue weighted by Gasteiger charge is 2.16. The van der Waals surface area contributed by atoms with Crippen molar-refractivity contribution in [3.63, 3.8) is 0 Å². The highest BCUT2D eigenvalue weighted by molar-refractivity contribution is 5.98. The maximum Gasteiger partial charge on any atom is 0.336 e. The monoisotopic (exact) mass is 409 g/mol. The Kier molecular flexibility index (Phi) is 7.97. The van der Waals surface area contributed by atoms with Gasteiger partial charge in [0.15, 0.2) is 0 Å². The van der Waals surface area contributed by atoms with Gasteiger partial charge in [-0.15, -0.1) is 24.8 Å². The molecule has 0 aliphatic carbocycles. The Labute approximate surface area is 169 Å². The Morgan fingerprint density at radius 1 is 1.15 bits per heavy atom. The van der Waals surface area contributed by atoms with E-state index in [2.05, 4.69) is 10.3 Å². The zero-order valence-corrected chi connectivity index (χ0v) is 16.5. The van der Waals surface area contributed by atoms with Crippen LogP contribution in [-0.4, -0.2) is 16.9 Å². The van der Waals surface area contributed by atoms with Crippen LogP contribution in [0.1, 0.15) is 16.7 Å². The summed E-state index contributed by atoms with van der Waals surface area (Å²) < 4.78 is 5.21. The number of amides is 1. The molecule has 144 valence electrons. The predicted octanol–water partition coefficient (Wildman–Crippen LogP) is 3.16. The number of nitrogens with zero attached hydrogens (tertiary/aromatic N) is 1. The fraction of sp³-hybridized carbons (Fsp3) is 0.211. The predicted molar refractivity (Wildman–Crippen MR) is 111 cm³/mol. The number of anilines is 1. The summed E-state index contributed by atoms with van der Waals surface area (Å²) in [6, 6.07) is 7.97. The minimum atomic E-state index is -0.674. The standard InChI is InChI=1S/C19H19N3O3.2ClH/c1-11-8-18(23)25-17-7-12(2)16(10-14(11)17)22-19(24)15(20)9-13-3-5-21-6-4-13;;/h3-8,10,15H,9,20H2,1-2H3,(H,22,24);2*1H/t15-;;/m0../s1. The molecule has 3 aromatic rings. The number of halogens is 2. The SMILES string of the molecule is Cc1cc2oc(=O)cc(C)c2cc1NC(=O)[C@@H](N)Cc1ccncc1.Cl.Cl. The van der Waals surface area contributed by atoms with Crippen LogP contribution in [0.25, 0.3) is 11.0 Å².